The van der Waals surface area contributed by atoms with Gasteiger partial charge in [-0.25, -0.2) is 4.79 Å². The number of esters is 1. The zero-order valence-electron chi connectivity index (χ0n) is 12.0. The van der Waals surface area contributed by atoms with Crippen LogP contribution in [0.1, 0.15) is 43.6 Å². The lowest BCUT2D eigenvalue weighted by atomic mass is 9.88. The van der Waals surface area contributed by atoms with Crippen LogP contribution in [0.15, 0.2) is 36.4 Å². The van der Waals surface area contributed by atoms with Gasteiger partial charge in [-0.15, -0.1) is 0 Å². The Labute approximate surface area is 114 Å². The first-order chi connectivity index (χ1) is 8.93. The molecular weight excluding hydrogens is 236 g/mol. The Morgan fingerprint density at radius 1 is 1.05 bits per heavy atom. The molecule has 0 radical (unpaired) electrons. The van der Waals surface area contributed by atoms with E-state index in [1.165, 1.54) is 5.56 Å². The molecule has 0 aromatic carbocycles. The van der Waals surface area contributed by atoms with Gasteiger partial charge in [0.2, 0.25) is 0 Å². The molecular formula is C17H20O2. The second-order valence-electron chi connectivity index (χ2n) is 5.71. The Morgan fingerprint density at radius 3 is 2.32 bits per heavy atom. The molecule has 2 aliphatic rings. The molecule has 0 atom stereocenters. The van der Waals surface area contributed by atoms with Crippen molar-refractivity contribution in [1.29, 1.82) is 0 Å². The van der Waals surface area contributed by atoms with Crippen molar-refractivity contribution in [3.8, 4) is 11.1 Å². The first-order valence-electron chi connectivity index (χ1n) is 6.64. The number of carbonyl (C=O) groups is 1. The van der Waals surface area contributed by atoms with E-state index in [1.54, 1.807) is 0 Å². The fourth-order valence-corrected chi connectivity index (χ4v) is 2.13. The molecule has 19 heavy (non-hydrogen) atoms. The van der Waals surface area contributed by atoms with E-state index in [4.69, 9.17) is 4.74 Å². The molecule has 100 valence electrons. The van der Waals surface area contributed by atoms with Crippen molar-refractivity contribution in [3.63, 3.8) is 0 Å². The smallest absolute Gasteiger partial charge is 0.338 e. The van der Waals surface area contributed by atoms with Crippen molar-refractivity contribution in [2.24, 2.45) is 0 Å². The lowest BCUT2D eigenvalue weighted by Crippen LogP contribution is -2.09. The van der Waals surface area contributed by atoms with Gasteiger partial charge in [-0.3, -0.25) is 0 Å². The zero-order valence-corrected chi connectivity index (χ0v) is 12.0. The summed E-state index contributed by atoms with van der Waals surface area (Å²) < 4.78 is 5.08. The minimum absolute atomic E-state index is 0.0978. The van der Waals surface area contributed by atoms with E-state index < -0.39 is 0 Å². The van der Waals surface area contributed by atoms with Crippen LogP contribution in [0.3, 0.4) is 0 Å². The number of fused-ring (bicyclic) bond motifs is 1. The van der Waals surface area contributed by atoms with Gasteiger partial charge in [0.05, 0.1) is 12.2 Å². The predicted molar refractivity (Wildman–Crippen MR) is 77.7 cm³/mol. The van der Waals surface area contributed by atoms with E-state index in [1.807, 2.05) is 25.1 Å². The molecule has 0 unspecified atom stereocenters. The van der Waals surface area contributed by atoms with Crippen LogP contribution in [0.5, 0.6) is 0 Å². The molecule has 0 amide bonds. The molecule has 0 fully saturated rings. The number of hydrogen-bond donors (Lipinski definition) is 0. The Bertz CT molecular complexity index is 564. The van der Waals surface area contributed by atoms with Crippen LogP contribution >= 0.6 is 0 Å². The third kappa shape index (κ3) is 2.78. The summed E-state index contributed by atoms with van der Waals surface area (Å²) in [7, 11) is 0. The van der Waals surface area contributed by atoms with Crippen LogP contribution in [0.2, 0.25) is 0 Å². The highest BCUT2D eigenvalue weighted by molar-refractivity contribution is 5.98. The van der Waals surface area contributed by atoms with Gasteiger partial charge in [0, 0.05) is 0 Å². The van der Waals surface area contributed by atoms with E-state index >= 15 is 0 Å². The van der Waals surface area contributed by atoms with Crippen LogP contribution < -0.4 is 0 Å². The molecule has 0 bridgehead atoms. The van der Waals surface area contributed by atoms with E-state index in [0.29, 0.717) is 12.2 Å². The highest BCUT2D eigenvalue weighted by Crippen LogP contribution is 2.30. The van der Waals surface area contributed by atoms with Crippen molar-refractivity contribution in [1.82, 2.24) is 0 Å². The topological polar surface area (TPSA) is 26.3 Å². The van der Waals surface area contributed by atoms with Gasteiger partial charge in [-0.2, -0.15) is 0 Å². The van der Waals surface area contributed by atoms with Crippen LogP contribution in [0.25, 0.3) is 11.1 Å². The summed E-state index contributed by atoms with van der Waals surface area (Å²) in [5, 5.41) is 0. The Hall–Kier alpha value is -1.83. The van der Waals surface area contributed by atoms with Crippen LogP contribution in [-0.4, -0.2) is 12.6 Å². The van der Waals surface area contributed by atoms with Gasteiger partial charge in [0.1, 0.15) is 0 Å². The van der Waals surface area contributed by atoms with Crippen LogP contribution in [-0.2, 0) is 10.2 Å². The molecule has 0 aromatic heterocycles. The standard InChI is InChI=1S/C17H20O2/c1-5-19-16(18)15-10-7-12-6-8-13(17(2,3)4)9-11-14(12)15/h6-11H,5H2,1-4H3. The summed E-state index contributed by atoms with van der Waals surface area (Å²) in [5.41, 5.74) is 4.01. The summed E-state index contributed by atoms with van der Waals surface area (Å²) in [5.74, 6) is -0.249. The Morgan fingerprint density at radius 2 is 1.68 bits per heavy atom. The maximum absolute atomic E-state index is 11.9. The fourth-order valence-electron chi connectivity index (χ4n) is 2.13. The van der Waals surface area contributed by atoms with E-state index in [2.05, 4.69) is 39.0 Å². The summed E-state index contributed by atoms with van der Waals surface area (Å²) in [6, 6.07) is 12.1. The van der Waals surface area contributed by atoms with Crippen molar-refractivity contribution in [2.75, 3.05) is 6.61 Å². The molecule has 2 aliphatic carbocycles. The van der Waals surface area contributed by atoms with E-state index in [-0.39, 0.29) is 11.4 Å². The zero-order chi connectivity index (χ0) is 14.0. The van der Waals surface area contributed by atoms with Gasteiger partial charge < -0.3 is 4.74 Å². The number of carbonyl (C=O) groups excluding carboxylic acids is 1. The summed E-state index contributed by atoms with van der Waals surface area (Å²) in [4.78, 5) is 11.9. The molecule has 2 nitrogen and oxygen atoms in total. The molecule has 0 N–H and O–H groups in total. The maximum atomic E-state index is 11.9. The molecule has 0 aliphatic heterocycles. The summed E-state index contributed by atoms with van der Waals surface area (Å²) >= 11 is 0. The lowest BCUT2D eigenvalue weighted by Gasteiger charge is -2.17. The highest BCUT2D eigenvalue weighted by Gasteiger charge is 2.18. The second-order valence-corrected chi connectivity index (χ2v) is 5.71. The molecule has 2 heteroatoms. The second kappa shape index (κ2) is 5.04. The van der Waals surface area contributed by atoms with Gasteiger partial charge in [0.15, 0.2) is 0 Å². The van der Waals surface area contributed by atoms with E-state index in [9.17, 15) is 4.79 Å². The first kappa shape index (κ1) is 13.6. The SMILES string of the molecule is CCOC(=O)c1ccc2ccc(C(C)(C)C)ccc1-2. The molecule has 0 spiro atoms. The quantitative estimate of drug-likeness (QED) is 0.750. The molecule has 0 saturated heterocycles. The molecule has 2 rings (SSSR count). The highest BCUT2D eigenvalue weighted by atomic mass is 16.5. The number of ether oxygens (including phenoxy) is 1. The molecule has 0 saturated carbocycles. The van der Waals surface area contributed by atoms with Crippen molar-refractivity contribution >= 4 is 5.97 Å². The van der Waals surface area contributed by atoms with Crippen LogP contribution in [0.4, 0.5) is 0 Å². The third-order valence-electron chi connectivity index (χ3n) is 3.26. The van der Waals surface area contributed by atoms with Gasteiger partial charge in [-0.05, 0) is 35.1 Å². The largest absolute Gasteiger partial charge is 0.462 e. The van der Waals surface area contributed by atoms with Gasteiger partial charge >= 0.3 is 5.97 Å². The average molecular weight is 256 g/mol. The van der Waals surface area contributed by atoms with Crippen LogP contribution in [0, 0.1) is 0 Å². The van der Waals surface area contributed by atoms with Crippen molar-refractivity contribution in [3.05, 3.63) is 47.5 Å². The Balaban J connectivity index is 2.49. The maximum Gasteiger partial charge on any atom is 0.338 e. The van der Waals surface area contributed by atoms with Gasteiger partial charge in [-0.1, -0.05) is 51.1 Å². The normalized spacial score (nSPS) is 11.6. The number of hydrogen-bond acceptors (Lipinski definition) is 2. The average Bonchev–Trinajstić information content (AvgIpc) is 2.59. The van der Waals surface area contributed by atoms with Gasteiger partial charge in [0.25, 0.3) is 0 Å². The lowest BCUT2D eigenvalue weighted by molar-refractivity contribution is 0.0528. The monoisotopic (exact) mass is 256 g/mol. The minimum Gasteiger partial charge on any atom is -0.462 e. The minimum atomic E-state index is -0.249. The summed E-state index contributed by atoms with van der Waals surface area (Å²) in [6.07, 6.45) is 0. The fraction of sp³-hybridized carbons (Fsp3) is 0.353. The van der Waals surface area contributed by atoms with Crippen molar-refractivity contribution in [2.45, 2.75) is 33.1 Å². The Kier molecular flexibility index (Phi) is 3.61. The first-order valence-corrected chi connectivity index (χ1v) is 6.64. The third-order valence-corrected chi connectivity index (χ3v) is 3.26. The molecule has 0 heterocycles. The molecule has 0 aromatic rings. The van der Waals surface area contributed by atoms with E-state index in [0.717, 1.165) is 11.1 Å². The predicted octanol–water partition coefficient (Wildman–Crippen LogP) is 4.27. The van der Waals surface area contributed by atoms with Crippen molar-refractivity contribution < 1.29 is 9.53 Å². The number of rotatable bonds is 2. The summed E-state index contributed by atoms with van der Waals surface area (Å²) in [6.45, 7) is 8.76.